The first kappa shape index (κ1) is 10.5. The fourth-order valence-corrected chi connectivity index (χ4v) is 0.921. The number of nitrogens with one attached hydrogen (secondary N) is 1. The lowest BCUT2D eigenvalue weighted by Gasteiger charge is -2.09. The minimum atomic E-state index is -0.334. The van der Waals surface area contributed by atoms with Crippen LogP contribution in [0, 0.1) is 0 Å². The second kappa shape index (κ2) is 4.57. The second-order valence-electron chi connectivity index (χ2n) is 3.00. The van der Waals surface area contributed by atoms with Gasteiger partial charge in [-0.25, -0.2) is 4.98 Å². The Morgan fingerprint density at radius 2 is 2.43 bits per heavy atom. The van der Waals surface area contributed by atoms with Crippen LogP contribution < -0.4 is 11.1 Å². The van der Waals surface area contributed by atoms with Crippen LogP contribution >= 0.6 is 0 Å². The Balaban J connectivity index is 2.70. The van der Waals surface area contributed by atoms with Gasteiger partial charge in [-0.05, 0) is 19.1 Å². The van der Waals surface area contributed by atoms with Gasteiger partial charge in [0.1, 0.15) is 11.5 Å². The van der Waals surface area contributed by atoms with Crippen LogP contribution in [0.5, 0.6) is 0 Å². The van der Waals surface area contributed by atoms with Crippen molar-refractivity contribution in [1.29, 1.82) is 0 Å². The fourth-order valence-electron chi connectivity index (χ4n) is 0.921. The minimum Gasteiger partial charge on any atom is -0.394 e. The molecular formula is C9H13N3O2. The number of anilines is 1. The predicted molar refractivity (Wildman–Crippen MR) is 52.7 cm³/mol. The molecule has 0 radical (unpaired) electrons. The van der Waals surface area contributed by atoms with Gasteiger partial charge in [0.05, 0.1) is 6.61 Å². The van der Waals surface area contributed by atoms with Crippen molar-refractivity contribution in [3.63, 3.8) is 0 Å². The van der Waals surface area contributed by atoms with Gasteiger partial charge in [0, 0.05) is 6.04 Å². The van der Waals surface area contributed by atoms with Gasteiger partial charge in [0.2, 0.25) is 0 Å². The molecule has 1 rings (SSSR count). The maximum atomic E-state index is 11.4. The summed E-state index contributed by atoms with van der Waals surface area (Å²) < 4.78 is 0. The van der Waals surface area contributed by atoms with Crippen molar-refractivity contribution in [2.45, 2.75) is 13.0 Å². The van der Waals surface area contributed by atoms with Crippen LogP contribution in [-0.2, 0) is 0 Å². The molecule has 5 heteroatoms. The van der Waals surface area contributed by atoms with Crippen LogP contribution in [0.25, 0.3) is 0 Å². The molecule has 0 aliphatic rings. The van der Waals surface area contributed by atoms with Crippen molar-refractivity contribution in [1.82, 2.24) is 10.3 Å². The maximum Gasteiger partial charge on any atom is 0.270 e. The van der Waals surface area contributed by atoms with Crippen molar-refractivity contribution in [3.05, 3.63) is 23.9 Å². The van der Waals surface area contributed by atoms with Gasteiger partial charge in [-0.3, -0.25) is 4.79 Å². The molecule has 0 aliphatic carbocycles. The first-order chi connectivity index (χ1) is 6.63. The Morgan fingerprint density at radius 3 is 3.00 bits per heavy atom. The van der Waals surface area contributed by atoms with Crippen molar-refractivity contribution in [3.8, 4) is 0 Å². The van der Waals surface area contributed by atoms with Crippen LogP contribution in [-0.4, -0.2) is 28.6 Å². The molecule has 0 spiro atoms. The molecule has 0 saturated heterocycles. The molecule has 1 aromatic rings. The number of nitrogens with two attached hydrogens (primary N) is 1. The first-order valence-electron chi connectivity index (χ1n) is 4.27. The molecule has 0 aromatic carbocycles. The van der Waals surface area contributed by atoms with E-state index in [4.69, 9.17) is 10.8 Å². The van der Waals surface area contributed by atoms with Gasteiger partial charge >= 0.3 is 0 Å². The van der Waals surface area contributed by atoms with E-state index in [0.29, 0.717) is 5.82 Å². The van der Waals surface area contributed by atoms with E-state index in [1.54, 1.807) is 25.1 Å². The molecule has 0 aliphatic heterocycles. The van der Waals surface area contributed by atoms with E-state index < -0.39 is 0 Å². The standard InChI is InChI=1S/C9H13N3O2/c1-6(5-13)11-9(14)7-3-2-4-8(10)12-7/h2-4,6,13H,5H2,1H3,(H2,10,12)(H,11,14)/t6-/m0/s1. The molecule has 1 aromatic heterocycles. The van der Waals surface area contributed by atoms with E-state index in [1.807, 2.05) is 0 Å². The number of nitrogen functional groups attached to an aromatic ring is 1. The molecule has 4 N–H and O–H groups in total. The van der Waals surface area contributed by atoms with E-state index in [1.165, 1.54) is 0 Å². The average molecular weight is 195 g/mol. The van der Waals surface area contributed by atoms with Crippen molar-refractivity contribution < 1.29 is 9.90 Å². The van der Waals surface area contributed by atoms with E-state index in [2.05, 4.69) is 10.3 Å². The van der Waals surface area contributed by atoms with Gasteiger partial charge in [-0.1, -0.05) is 6.07 Å². The van der Waals surface area contributed by atoms with Gasteiger partial charge in [-0.2, -0.15) is 0 Å². The third-order valence-electron chi connectivity index (χ3n) is 1.65. The second-order valence-corrected chi connectivity index (χ2v) is 3.00. The Bertz CT molecular complexity index is 328. The number of hydrogen-bond acceptors (Lipinski definition) is 4. The Kier molecular flexibility index (Phi) is 3.41. The molecule has 1 heterocycles. The highest BCUT2D eigenvalue weighted by molar-refractivity contribution is 5.92. The molecular weight excluding hydrogens is 182 g/mol. The number of carbonyl (C=O) groups excluding carboxylic acids is 1. The van der Waals surface area contributed by atoms with E-state index in [-0.39, 0.29) is 24.2 Å². The number of rotatable bonds is 3. The lowest BCUT2D eigenvalue weighted by molar-refractivity contribution is 0.0917. The highest BCUT2D eigenvalue weighted by atomic mass is 16.3. The predicted octanol–water partition coefficient (Wildman–Crippen LogP) is -0.226. The summed E-state index contributed by atoms with van der Waals surface area (Å²) in [5, 5.41) is 11.3. The van der Waals surface area contributed by atoms with E-state index in [0.717, 1.165) is 0 Å². The monoisotopic (exact) mass is 195 g/mol. The molecule has 0 bridgehead atoms. The number of aromatic nitrogens is 1. The lowest BCUT2D eigenvalue weighted by Crippen LogP contribution is -2.35. The third kappa shape index (κ3) is 2.70. The molecule has 0 unspecified atom stereocenters. The van der Waals surface area contributed by atoms with E-state index in [9.17, 15) is 4.79 Å². The first-order valence-corrected chi connectivity index (χ1v) is 4.27. The largest absolute Gasteiger partial charge is 0.394 e. The van der Waals surface area contributed by atoms with Crippen LogP contribution in [0.2, 0.25) is 0 Å². The van der Waals surface area contributed by atoms with Gasteiger partial charge in [0.15, 0.2) is 0 Å². The number of amides is 1. The zero-order chi connectivity index (χ0) is 10.6. The molecule has 1 amide bonds. The quantitative estimate of drug-likeness (QED) is 0.622. The topological polar surface area (TPSA) is 88.2 Å². The highest BCUT2D eigenvalue weighted by Gasteiger charge is 2.09. The van der Waals surface area contributed by atoms with E-state index >= 15 is 0 Å². The number of hydrogen-bond donors (Lipinski definition) is 3. The Morgan fingerprint density at radius 1 is 1.71 bits per heavy atom. The molecule has 1 atom stereocenters. The summed E-state index contributed by atoms with van der Waals surface area (Å²) >= 11 is 0. The number of pyridine rings is 1. The number of aliphatic hydroxyl groups excluding tert-OH is 1. The Hall–Kier alpha value is -1.62. The number of nitrogens with zero attached hydrogens (tertiary/aromatic N) is 1. The molecule has 0 saturated carbocycles. The van der Waals surface area contributed by atoms with Gasteiger partial charge in [0.25, 0.3) is 5.91 Å². The Labute approximate surface area is 82.0 Å². The van der Waals surface area contributed by atoms with Crippen LogP contribution in [0.3, 0.4) is 0 Å². The molecule has 5 nitrogen and oxygen atoms in total. The SMILES string of the molecule is C[C@@H](CO)NC(=O)c1cccc(N)n1. The van der Waals surface area contributed by atoms with Crippen molar-refractivity contribution >= 4 is 11.7 Å². The minimum absolute atomic E-state index is 0.103. The smallest absolute Gasteiger partial charge is 0.270 e. The maximum absolute atomic E-state index is 11.4. The summed E-state index contributed by atoms with van der Waals surface area (Å²) in [6, 6.07) is 4.54. The summed E-state index contributed by atoms with van der Waals surface area (Å²) in [7, 11) is 0. The molecule has 14 heavy (non-hydrogen) atoms. The normalized spacial score (nSPS) is 12.1. The summed E-state index contributed by atoms with van der Waals surface area (Å²) in [6.45, 7) is 1.60. The number of carbonyl (C=O) groups is 1. The zero-order valence-electron chi connectivity index (χ0n) is 7.90. The number of aliphatic hydroxyl groups is 1. The summed E-state index contributed by atoms with van der Waals surface area (Å²) in [6.07, 6.45) is 0. The molecule has 0 fully saturated rings. The van der Waals surface area contributed by atoms with Crippen molar-refractivity contribution in [2.24, 2.45) is 0 Å². The summed E-state index contributed by atoms with van der Waals surface area (Å²) in [5.41, 5.74) is 5.67. The van der Waals surface area contributed by atoms with Crippen LogP contribution in [0.1, 0.15) is 17.4 Å². The summed E-state index contributed by atoms with van der Waals surface area (Å²) in [5.74, 6) is -0.0341. The molecule has 76 valence electrons. The highest BCUT2D eigenvalue weighted by Crippen LogP contribution is 2.00. The van der Waals surface area contributed by atoms with Crippen LogP contribution in [0.15, 0.2) is 18.2 Å². The summed E-state index contributed by atoms with van der Waals surface area (Å²) in [4.78, 5) is 15.3. The van der Waals surface area contributed by atoms with Crippen molar-refractivity contribution in [2.75, 3.05) is 12.3 Å². The zero-order valence-corrected chi connectivity index (χ0v) is 7.90. The lowest BCUT2D eigenvalue weighted by atomic mass is 10.3. The van der Waals surface area contributed by atoms with Crippen LogP contribution in [0.4, 0.5) is 5.82 Å². The third-order valence-corrected chi connectivity index (χ3v) is 1.65. The fraction of sp³-hybridized carbons (Fsp3) is 0.333. The average Bonchev–Trinajstić information content (AvgIpc) is 2.17. The van der Waals surface area contributed by atoms with Gasteiger partial charge in [-0.15, -0.1) is 0 Å². The van der Waals surface area contributed by atoms with Gasteiger partial charge < -0.3 is 16.2 Å².